The van der Waals surface area contributed by atoms with E-state index >= 15 is 0 Å². The van der Waals surface area contributed by atoms with Crippen LogP contribution in [-0.4, -0.2) is 63.6 Å². The maximum Gasteiger partial charge on any atom is 0.195 e. The summed E-state index contributed by atoms with van der Waals surface area (Å²) < 4.78 is 0. The lowest BCUT2D eigenvalue weighted by atomic mass is 10.1. The van der Waals surface area contributed by atoms with Crippen LogP contribution in [0.1, 0.15) is 6.42 Å². The molecule has 0 aromatic heterocycles. The average Bonchev–Trinajstić information content (AvgIpc) is 2.88. The molecule has 0 saturated carbocycles. The molecule has 1 aliphatic heterocycles. The van der Waals surface area contributed by atoms with Crippen LogP contribution in [0.4, 0.5) is 5.69 Å². The monoisotopic (exact) mass is 274 g/mol. The van der Waals surface area contributed by atoms with E-state index in [1.54, 1.807) is 0 Å². The lowest BCUT2D eigenvalue weighted by Gasteiger charge is -2.23. The van der Waals surface area contributed by atoms with Crippen LogP contribution in [0.2, 0.25) is 0 Å². The number of nitrogens with zero attached hydrogens (tertiary/aromatic N) is 4. The lowest BCUT2D eigenvalue weighted by molar-refractivity contribution is 0.472. The van der Waals surface area contributed by atoms with Crippen molar-refractivity contribution < 1.29 is 0 Å². The Bertz CT molecular complexity index is 429. The third-order valence-corrected chi connectivity index (χ3v) is 3.70. The molecule has 1 atom stereocenters. The molecule has 20 heavy (non-hydrogen) atoms. The van der Waals surface area contributed by atoms with Gasteiger partial charge in [0.15, 0.2) is 5.96 Å². The topological polar surface area (TPSA) is 22.1 Å². The summed E-state index contributed by atoms with van der Waals surface area (Å²) >= 11 is 0. The van der Waals surface area contributed by atoms with Crippen molar-refractivity contribution in [2.45, 2.75) is 6.42 Å². The first-order chi connectivity index (χ1) is 9.58. The summed E-state index contributed by atoms with van der Waals surface area (Å²) in [4.78, 5) is 11.4. The quantitative estimate of drug-likeness (QED) is 0.622. The number of rotatable bonds is 3. The highest BCUT2D eigenvalue weighted by Gasteiger charge is 2.22. The fourth-order valence-electron chi connectivity index (χ4n) is 2.75. The van der Waals surface area contributed by atoms with Gasteiger partial charge in [0, 0.05) is 53.5 Å². The Balaban J connectivity index is 1.92. The van der Waals surface area contributed by atoms with Gasteiger partial charge in [-0.05, 0) is 24.5 Å². The number of benzene rings is 1. The van der Waals surface area contributed by atoms with E-state index in [-0.39, 0.29) is 0 Å². The highest BCUT2D eigenvalue weighted by Crippen LogP contribution is 2.23. The van der Waals surface area contributed by atoms with E-state index in [9.17, 15) is 0 Å². The van der Waals surface area contributed by atoms with Crippen LogP contribution in [0, 0.1) is 5.92 Å². The van der Waals surface area contributed by atoms with Crippen molar-refractivity contribution in [1.29, 1.82) is 0 Å². The minimum atomic E-state index is 0.658. The molecule has 1 heterocycles. The second-order valence-corrected chi connectivity index (χ2v) is 5.87. The third kappa shape index (κ3) is 3.65. The molecule has 1 aliphatic rings. The minimum Gasteiger partial charge on any atom is -0.371 e. The molecule has 0 spiro atoms. The summed E-state index contributed by atoms with van der Waals surface area (Å²) in [5.74, 6) is 1.70. The van der Waals surface area contributed by atoms with E-state index in [1.807, 2.05) is 28.2 Å². The Hall–Kier alpha value is -1.71. The van der Waals surface area contributed by atoms with Crippen LogP contribution in [-0.2, 0) is 0 Å². The molecule has 4 nitrogen and oxygen atoms in total. The van der Waals surface area contributed by atoms with Gasteiger partial charge < -0.3 is 14.7 Å². The molecule has 0 bridgehead atoms. The zero-order valence-corrected chi connectivity index (χ0v) is 13.1. The van der Waals surface area contributed by atoms with Gasteiger partial charge in [-0.3, -0.25) is 4.99 Å². The summed E-state index contributed by atoms with van der Waals surface area (Å²) in [6, 6.07) is 10.7. The Morgan fingerprint density at radius 1 is 1.15 bits per heavy atom. The van der Waals surface area contributed by atoms with Gasteiger partial charge >= 0.3 is 0 Å². The SMILES string of the molecule is CN(C)C(=NC[C@@H]1CCN(c2ccccc2)C1)N(C)C. The Kier molecular flexibility index (Phi) is 4.88. The second-order valence-electron chi connectivity index (χ2n) is 5.87. The fraction of sp³-hybridized carbons (Fsp3) is 0.562. The van der Waals surface area contributed by atoms with Gasteiger partial charge in [-0.2, -0.15) is 0 Å². The highest BCUT2D eigenvalue weighted by atomic mass is 15.3. The standard InChI is InChI=1S/C16H26N4/c1-18(2)16(19(3)4)17-12-14-10-11-20(13-14)15-8-6-5-7-9-15/h5-9,14H,10-13H2,1-4H3/t14-/m0/s1. The molecular formula is C16H26N4. The number of anilines is 1. The average molecular weight is 274 g/mol. The van der Waals surface area contributed by atoms with E-state index in [0.717, 1.165) is 25.6 Å². The molecular weight excluding hydrogens is 248 g/mol. The number of aliphatic imine (C=N–C) groups is 1. The summed E-state index contributed by atoms with van der Waals surface area (Å²) in [5, 5.41) is 0. The molecule has 0 unspecified atom stereocenters. The maximum atomic E-state index is 4.77. The largest absolute Gasteiger partial charge is 0.371 e. The third-order valence-electron chi connectivity index (χ3n) is 3.70. The zero-order chi connectivity index (χ0) is 14.5. The lowest BCUT2D eigenvalue weighted by Crippen LogP contribution is -2.36. The molecule has 2 rings (SSSR count). The summed E-state index contributed by atoms with van der Waals surface area (Å²) in [6.45, 7) is 3.17. The molecule has 0 radical (unpaired) electrons. The van der Waals surface area contributed by atoms with Crippen LogP contribution in [0.5, 0.6) is 0 Å². The van der Waals surface area contributed by atoms with Crippen molar-refractivity contribution in [1.82, 2.24) is 9.80 Å². The molecule has 1 fully saturated rings. The number of hydrogen-bond acceptors (Lipinski definition) is 2. The van der Waals surface area contributed by atoms with E-state index < -0.39 is 0 Å². The van der Waals surface area contributed by atoms with E-state index in [0.29, 0.717) is 5.92 Å². The van der Waals surface area contributed by atoms with Crippen molar-refractivity contribution in [2.75, 3.05) is 52.7 Å². The number of para-hydroxylation sites is 1. The van der Waals surface area contributed by atoms with Gasteiger partial charge in [0.25, 0.3) is 0 Å². The van der Waals surface area contributed by atoms with Gasteiger partial charge in [0.05, 0.1) is 0 Å². The Morgan fingerprint density at radius 3 is 2.40 bits per heavy atom. The van der Waals surface area contributed by atoms with Crippen LogP contribution >= 0.6 is 0 Å². The number of guanidine groups is 1. The normalized spacial score (nSPS) is 18.0. The van der Waals surface area contributed by atoms with E-state index in [2.05, 4.69) is 45.0 Å². The Morgan fingerprint density at radius 2 is 1.80 bits per heavy atom. The maximum absolute atomic E-state index is 4.77. The van der Waals surface area contributed by atoms with Crippen molar-refractivity contribution in [3.63, 3.8) is 0 Å². The first-order valence-corrected chi connectivity index (χ1v) is 7.27. The Labute approximate surface area is 122 Å². The second kappa shape index (κ2) is 6.64. The van der Waals surface area contributed by atoms with Crippen molar-refractivity contribution in [2.24, 2.45) is 10.9 Å². The molecule has 4 heteroatoms. The predicted molar refractivity (Wildman–Crippen MR) is 86.4 cm³/mol. The van der Waals surface area contributed by atoms with Crippen LogP contribution in [0.3, 0.4) is 0 Å². The molecule has 1 saturated heterocycles. The first-order valence-electron chi connectivity index (χ1n) is 7.27. The minimum absolute atomic E-state index is 0.658. The molecule has 1 aromatic rings. The predicted octanol–water partition coefficient (Wildman–Crippen LogP) is 1.99. The summed E-state index contributed by atoms with van der Waals surface area (Å²) in [7, 11) is 8.18. The highest BCUT2D eigenvalue weighted by molar-refractivity contribution is 5.79. The molecule has 0 amide bonds. The van der Waals surface area contributed by atoms with Gasteiger partial charge in [0.2, 0.25) is 0 Å². The van der Waals surface area contributed by atoms with Gasteiger partial charge in [-0.1, -0.05) is 18.2 Å². The molecule has 0 aliphatic carbocycles. The van der Waals surface area contributed by atoms with Crippen LogP contribution < -0.4 is 4.90 Å². The van der Waals surface area contributed by atoms with Crippen molar-refractivity contribution in [3.05, 3.63) is 30.3 Å². The van der Waals surface area contributed by atoms with E-state index in [4.69, 9.17) is 4.99 Å². The van der Waals surface area contributed by atoms with Crippen LogP contribution in [0.15, 0.2) is 35.3 Å². The van der Waals surface area contributed by atoms with Crippen LogP contribution in [0.25, 0.3) is 0 Å². The van der Waals surface area contributed by atoms with Crippen molar-refractivity contribution in [3.8, 4) is 0 Å². The van der Waals surface area contributed by atoms with Gasteiger partial charge in [0.1, 0.15) is 0 Å². The van der Waals surface area contributed by atoms with Gasteiger partial charge in [-0.25, -0.2) is 0 Å². The van der Waals surface area contributed by atoms with E-state index in [1.165, 1.54) is 12.1 Å². The molecule has 0 N–H and O–H groups in total. The zero-order valence-electron chi connectivity index (χ0n) is 13.1. The first kappa shape index (κ1) is 14.7. The number of hydrogen-bond donors (Lipinski definition) is 0. The smallest absolute Gasteiger partial charge is 0.195 e. The van der Waals surface area contributed by atoms with Gasteiger partial charge in [-0.15, -0.1) is 0 Å². The summed E-state index contributed by atoms with van der Waals surface area (Å²) in [5.41, 5.74) is 1.33. The van der Waals surface area contributed by atoms with Crippen molar-refractivity contribution >= 4 is 11.6 Å². The molecule has 110 valence electrons. The fourth-order valence-corrected chi connectivity index (χ4v) is 2.75. The molecule has 1 aromatic carbocycles. The summed E-state index contributed by atoms with van der Waals surface area (Å²) in [6.07, 6.45) is 1.23.